The number of carbonyl (C=O) groups excluding carboxylic acids is 3. The molecule has 0 bridgehead atoms. The van der Waals surface area contributed by atoms with Gasteiger partial charge in [-0.1, -0.05) is 70.2 Å². The highest BCUT2D eigenvalue weighted by Crippen LogP contribution is 2.26. The van der Waals surface area contributed by atoms with Gasteiger partial charge >= 0.3 is 0 Å². The fraction of sp³-hybridized carbons (Fsp3) is 0.429. The number of nitrogens with zero attached hydrogens (tertiary/aromatic N) is 2. The molecule has 194 valence electrons. The molecular weight excluding hydrogens is 456 g/mol. The van der Waals surface area contributed by atoms with Crippen molar-refractivity contribution in [3.63, 3.8) is 0 Å². The summed E-state index contributed by atoms with van der Waals surface area (Å²) in [5, 5.41) is 10.8. The SMILES string of the molecule is CC(C)C[C@@H](C(=O)NN(CC(C)C)C(=O)Cc1ccncc1)[C@H](C/C=C/c1ccccc1)C(=O)NO. The van der Waals surface area contributed by atoms with Gasteiger partial charge in [-0.15, -0.1) is 0 Å². The van der Waals surface area contributed by atoms with Gasteiger partial charge in [0.1, 0.15) is 0 Å². The van der Waals surface area contributed by atoms with Crippen LogP contribution in [0.5, 0.6) is 0 Å². The molecule has 36 heavy (non-hydrogen) atoms. The molecule has 0 aliphatic rings. The van der Waals surface area contributed by atoms with E-state index < -0.39 is 23.7 Å². The molecule has 0 saturated heterocycles. The second-order valence-corrected chi connectivity index (χ2v) is 9.77. The number of carbonyl (C=O) groups is 3. The molecule has 0 saturated carbocycles. The summed E-state index contributed by atoms with van der Waals surface area (Å²) in [4.78, 5) is 43.2. The number of hydrogen-bond donors (Lipinski definition) is 3. The van der Waals surface area contributed by atoms with Crippen molar-refractivity contribution in [1.29, 1.82) is 0 Å². The molecule has 0 aliphatic carbocycles. The van der Waals surface area contributed by atoms with Gasteiger partial charge in [0.25, 0.3) is 0 Å². The monoisotopic (exact) mass is 494 g/mol. The molecule has 3 amide bonds. The highest BCUT2D eigenvalue weighted by Gasteiger charge is 2.35. The van der Waals surface area contributed by atoms with E-state index in [1.807, 2.05) is 70.2 Å². The van der Waals surface area contributed by atoms with Crippen LogP contribution in [0.25, 0.3) is 6.08 Å². The predicted octanol–water partition coefficient (Wildman–Crippen LogP) is 4.03. The highest BCUT2D eigenvalue weighted by molar-refractivity contribution is 5.89. The number of hydrogen-bond acceptors (Lipinski definition) is 5. The van der Waals surface area contributed by atoms with Gasteiger partial charge in [0, 0.05) is 18.9 Å². The molecule has 1 heterocycles. The van der Waals surface area contributed by atoms with Gasteiger partial charge in [0.05, 0.1) is 18.3 Å². The van der Waals surface area contributed by atoms with Crippen molar-refractivity contribution < 1.29 is 19.6 Å². The zero-order valence-corrected chi connectivity index (χ0v) is 21.6. The van der Waals surface area contributed by atoms with E-state index >= 15 is 0 Å². The Morgan fingerprint density at radius 2 is 1.61 bits per heavy atom. The maximum absolute atomic E-state index is 13.5. The maximum Gasteiger partial charge on any atom is 0.247 e. The van der Waals surface area contributed by atoms with Crippen LogP contribution in [0, 0.1) is 23.7 Å². The van der Waals surface area contributed by atoms with Gasteiger partial charge in [-0.3, -0.25) is 35.0 Å². The van der Waals surface area contributed by atoms with E-state index in [0.29, 0.717) is 13.0 Å². The second-order valence-electron chi connectivity index (χ2n) is 9.77. The van der Waals surface area contributed by atoms with E-state index in [9.17, 15) is 19.6 Å². The number of amides is 3. The van der Waals surface area contributed by atoms with Crippen LogP contribution < -0.4 is 10.9 Å². The van der Waals surface area contributed by atoms with Crippen molar-refractivity contribution in [2.24, 2.45) is 23.7 Å². The zero-order chi connectivity index (χ0) is 26.5. The largest absolute Gasteiger partial charge is 0.289 e. The first-order chi connectivity index (χ1) is 17.2. The van der Waals surface area contributed by atoms with Crippen LogP contribution in [0.2, 0.25) is 0 Å². The molecule has 0 aliphatic heterocycles. The van der Waals surface area contributed by atoms with Gasteiger partial charge in [0.2, 0.25) is 17.7 Å². The molecule has 0 spiro atoms. The normalized spacial score (nSPS) is 13.0. The van der Waals surface area contributed by atoms with Crippen LogP contribution in [0.15, 0.2) is 60.9 Å². The summed E-state index contributed by atoms with van der Waals surface area (Å²) in [5.74, 6) is -2.64. The summed E-state index contributed by atoms with van der Waals surface area (Å²) in [5.41, 5.74) is 6.27. The lowest BCUT2D eigenvalue weighted by molar-refractivity contribution is -0.147. The van der Waals surface area contributed by atoms with Crippen molar-refractivity contribution in [3.8, 4) is 0 Å². The fourth-order valence-corrected chi connectivity index (χ4v) is 3.98. The quantitative estimate of drug-likeness (QED) is 0.305. The summed E-state index contributed by atoms with van der Waals surface area (Å²) < 4.78 is 0. The molecule has 2 atom stereocenters. The number of pyridine rings is 1. The van der Waals surface area contributed by atoms with Gasteiger partial charge in [0.15, 0.2) is 0 Å². The average molecular weight is 495 g/mol. The summed E-state index contributed by atoms with van der Waals surface area (Å²) in [6, 6.07) is 13.1. The minimum Gasteiger partial charge on any atom is -0.289 e. The minimum atomic E-state index is -0.812. The lowest BCUT2D eigenvalue weighted by atomic mass is 9.82. The Labute approximate surface area is 213 Å². The van der Waals surface area contributed by atoms with Crippen LogP contribution in [-0.4, -0.2) is 39.5 Å². The van der Waals surface area contributed by atoms with Crippen LogP contribution >= 0.6 is 0 Å². The first-order valence-corrected chi connectivity index (χ1v) is 12.4. The van der Waals surface area contributed by atoms with Crippen LogP contribution in [0.3, 0.4) is 0 Å². The first kappa shape index (κ1) is 28.7. The predicted molar refractivity (Wildman–Crippen MR) is 139 cm³/mol. The van der Waals surface area contributed by atoms with Crippen molar-refractivity contribution in [2.75, 3.05) is 6.54 Å². The second kappa shape index (κ2) is 14.8. The van der Waals surface area contributed by atoms with Crippen molar-refractivity contribution in [2.45, 2.75) is 47.0 Å². The highest BCUT2D eigenvalue weighted by atomic mass is 16.5. The van der Waals surface area contributed by atoms with Crippen LogP contribution in [0.1, 0.15) is 51.7 Å². The maximum atomic E-state index is 13.5. The average Bonchev–Trinajstić information content (AvgIpc) is 2.85. The van der Waals surface area contributed by atoms with Gasteiger partial charge in [-0.2, -0.15) is 0 Å². The van der Waals surface area contributed by atoms with E-state index in [1.54, 1.807) is 30.0 Å². The molecule has 8 nitrogen and oxygen atoms in total. The Balaban J connectivity index is 2.24. The van der Waals surface area contributed by atoms with E-state index in [1.165, 1.54) is 5.01 Å². The smallest absolute Gasteiger partial charge is 0.247 e. The lowest BCUT2D eigenvalue weighted by Gasteiger charge is -2.30. The van der Waals surface area contributed by atoms with Gasteiger partial charge in [-0.05, 0) is 47.9 Å². The standard InChI is InChI=1S/C28H38N4O4/c1-20(2)17-25(24(28(35)31-36)12-8-11-22-9-6-5-7-10-22)27(34)30-32(19-21(3)4)26(33)18-23-13-15-29-16-14-23/h5-11,13-16,20-21,24-25,36H,12,17-19H2,1-4H3,(H,30,34)(H,31,35)/b11-8+/t24-,25+/m0/s1. The van der Waals surface area contributed by atoms with Crippen molar-refractivity contribution in [1.82, 2.24) is 20.9 Å². The molecular formula is C28H38N4O4. The number of aromatic nitrogens is 1. The molecule has 1 aromatic carbocycles. The molecule has 2 rings (SSSR count). The summed E-state index contributed by atoms with van der Waals surface area (Å²) in [7, 11) is 0. The fourth-order valence-electron chi connectivity index (χ4n) is 3.98. The topological polar surface area (TPSA) is 112 Å². The van der Waals surface area contributed by atoms with Crippen LogP contribution in [-0.2, 0) is 20.8 Å². The third kappa shape index (κ3) is 9.62. The number of hydrazine groups is 1. The molecule has 3 N–H and O–H groups in total. The first-order valence-electron chi connectivity index (χ1n) is 12.4. The van der Waals surface area contributed by atoms with Crippen LogP contribution in [0.4, 0.5) is 0 Å². The van der Waals surface area contributed by atoms with Crippen molar-refractivity contribution in [3.05, 3.63) is 72.1 Å². The van der Waals surface area contributed by atoms with Gasteiger partial charge in [-0.25, -0.2) is 5.48 Å². The van der Waals surface area contributed by atoms with Gasteiger partial charge < -0.3 is 0 Å². The third-order valence-corrected chi connectivity index (χ3v) is 5.69. The summed E-state index contributed by atoms with van der Waals surface area (Å²) in [6.07, 6.45) is 7.73. The number of benzene rings is 1. The Kier molecular flexibility index (Phi) is 11.8. The number of allylic oxidation sites excluding steroid dienone is 1. The minimum absolute atomic E-state index is 0.110. The number of nitrogens with one attached hydrogen (secondary N) is 2. The molecule has 1 aromatic heterocycles. The Morgan fingerprint density at radius 3 is 2.19 bits per heavy atom. The number of rotatable bonds is 12. The zero-order valence-electron chi connectivity index (χ0n) is 21.6. The Morgan fingerprint density at radius 1 is 0.944 bits per heavy atom. The molecule has 2 aromatic rings. The van der Waals surface area contributed by atoms with E-state index in [0.717, 1.165) is 11.1 Å². The Hall–Kier alpha value is -3.52. The molecule has 0 unspecified atom stereocenters. The summed E-state index contributed by atoms with van der Waals surface area (Å²) >= 11 is 0. The van der Waals surface area contributed by atoms with Crippen molar-refractivity contribution >= 4 is 23.8 Å². The lowest BCUT2D eigenvalue weighted by Crippen LogP contribution is -2.52. The third-order valence-electron chi connectivity index (χ3n) is 5.69. The molecule has 0 radical (unpaired) electrons. The molecule has 0 fully saturated rings. The number of hydroxylamine groups is 1. The van der Waals surface area contributed by atoms with E-state index in [2.05, 4.69) is 10.4 Å². The van der Waals surface area contributed by atoms with E-state index in [-0.39, 0.29) is 30.6 Å². The van der Waals surface area contributed by atoms with E-state index in [4.69, 9.17) is 0 Å². The summed E-state index contributed by atoms with van der Waals surface area (Å²) in [6.45, 7) is 8.18. The molecule has 8 heteroatoms. The Bertz CT molecular complexity index is 993.